The smallest absolute Gasteiger partial charge is 0.324 e. The van der Waals surface area contributed by atoms with Crippen LogP contribution in [-0.4, -0.2) is 144 Å². The van der Waals surface area contributed by atoms with Gasteiger partial charge >= 0.3 is 5.97 Å². The van der Waals surface area contributed by atoms with Crippen molar-refractivity contribution in [1.29, 1.82) is 0 Å². The predicted octanol–water partition coefficient (Wildman–Crippen LogP) is 6.26. The van der Waals surface area contributed by atoms with Crippen LogP contribution in [0, 0.1) is 41.4 Å². The van der Waals surface area contributed by atoms with Crippen molar-refractivity contribution in [2.24, 2.45) is 17.3 Å². The first kappa shape index (κ1) is 54.3. The molecule has 3 fully saturated rings. The number of hydroxylamine groups is 2. The van der Waals surface area contributed by atoms with E-state index in [9.17, 15) is 19.2 Å². The highest BCUT2D eigenvalue weighted by Gasteiger charge is 2.41. The number of esters is 1. The van der Waals surface area contributed by atoms with Gasteiger partial charge in [0, 0.05) is 49.1 Å². The van der Waals surface area contributed by atoms with E-state index in [0.717, 1.165) is 52.7 Å². The second kappa shape index (κ2) is 22.7. The van der Waals surface area contributed by atoms with Crippen molar-refractivity contribution in [3.8, 4) is 41.2 Å². The van der Waals surface area contributed by atoms with Gasteiger partial charge in [-0.25, -0.2) is 5.43 Å². The first-order valence-electron chi connectivity index (χ1n) is 25.8. The van der Waals surface area contributed by atoms with Crippen LogP contribution in [0.1, 0.15) is 123 Å². The van der Waals surface area contributed by atoms with Crippen molar-refractivity contribution in [2.45, 2.75) is 149 Å². The maximum atomic E-state index is 14.8. The number of cyclic esters (lactones) is 1. The summed E-state index contributed by atoms with van der Waals surface area (Å²) in [7, 11) is 7.25. The largest absolute Gasteiger partial charge is 0.479 e. The van der Waals surface area contributed by atoms with Gasteiger partial charge in [-0.1, -0.05) is 45.6 Å². The number of ether oxygens (including phenoxy) is 3. The van der Waals surface area contributed by atoms with Crippen molar-refractivity contribution in [1.82, 2.24) is 40.2 Å². The molecule has 2 N–H and O–H groups in total. The molecule has 1 saturated carbocycles. The molecule has 16 nitrogen and oxygen atoms in total. The van der Waals surface area contributed by atoms with Gasteiger partial charge in [-0.15, -0.1) is 6.42 Å². The minimum absolute atomic E-state index is 0.103. The van der Waals surface area contributed by atoms with Crippen LogP contribution in [-0.2, 0) is 46.5 Å². The van der Waals surface area contributed by atoms with Crippen LogP contribution in [0.15, 0.2) is 30.5 Å². The fourth-order valence-corrected chi connectivity index (χ4v) is 10.7. The lowest BCUT2D eigenvalue weighted by molar-refractivity contribution is -0.238. The topological polar surface area (TPSA) is 160 Å². The molecule has 3 aliphatic heterocycles. The van der Waals surface area contributed by atoms with Crippen LogP contribution < -0.4 is 15.5 Å². The van der Waals surface area contributed by atoms with Gasteiger partial charge in [-0.05, 0) is 140 Å². The number of likely N-dealkylation sites (N-methyl/N-ethyl adjacent to an activating group) is 1. The van der Waals surface area contributed by atoms with Crippen molar-refractivity contribution in [3.63, 3.8) is 0 Å². The number of likely N-dealkylation sites (tertiary alicyclic amines) is 1. The van der Waals surface area contributed by atoms with E-state index in [0.29, 0.717) is 57.6 Å². The molecule has 0 spiro atoms. The van der Waals surface area contributed by atoms with E-state index in [2.05, 4.69) is 72.0 Å². The molecule has 4 aliphatic rings. The number of carbonyl (C=O) groups is 4. The van der Waals surface area contributed by atoms with Crippen LogP contribution in [0.5, 0.6) is 5.75 Å². The summed E-state index contributed by atoms with van der Waals surface area (Å²) in [6.45, 7) is 18.2. The number of methoxy groups -OCH3 is 1. The highest BCUT2D eigenvalue weighted by Crippen LogP contribution is 2.45. The first-order valence-corrected chi connectivity index (χ1v) is 25.8. The van der Waals surface area contributed by atoms with Gasteiger partial charge < -0.3 is 29.0 Å². The lowest BCUT2D eigenvalue weighted by Gasteiger charge is -2.41. The Kier molecular flexibility index (Phi) is 17.1. The second-order valence-electron chi connectivity index (χ2n) is 22.1. The monoisotopic (exact) mass is 991 g/mol. The Morgan fingerprint density at radius 2 is 1.83 bits per heavy atom. The summed E-state index contributed by atoms with van der Waals surface area (Å²) in [5, 5.41) is 7.39. The molecule has 390 valence electrons. The van der Waals surface area contributed by atoms with E-state index >= 15 is 0 Å². The summed E-state index contributed by atoms with van der Waals surface area (Å²) in [6.07, 6.45) is 11.4. The molecule has 16 heteroatoms. The summed E-state index contributed by atoms with van der Waals surface area (Å²) in [5.74, 6) is 7.81. The minimum Gasteiger partial charge on any atom is -0.479 e. The number of hydrazine groups is 1. The molecule has 1 aliphatic carbocycles. The summed E-state index contributed by atoms with van der Waals surface area (Å²) < 4.78 is 20.4. The van der Waals surface area contributed by atoms with Crippen LogP contribution >= 0.6 is 0 Å². The average molecular weight is 991 g/mol. The van der Waals surface area contributed by atoms with Gasteiger partial charge in [0.15, 0.2) is 0 Å². The van der Waals surface area contributed by atoms with Crippen molar-refractivity contribution in [2.75, 3.05) is 61.1 Å². The number of nitrogens with one attached hydrogen (secondary N) is 2. The zero-order chi connectivity index (χ0) is 52.2. The molecule has 6 atom stereocenters. The standard InChI is InChI=1S/C56H78N8O8/c1-14-25-70-40-29-43(49(57-31-40)36(5)69-13)51-44-30-55(6,7)34-71-54(68)45-17-16-24-64(59-45)53(67)46(27-37-18-19-38(26-37)39-20-21-47(42(44)28-39)63(51)15-2)58-52(66)50(35(3)4)61(12)72-41-32-62(33-41)48(65)22-23-56(8,9)60(10)11/h1,20-21,28-29,31,35-38,41,45-46,50,59H,15-19,24-27,30,32-34H2,2-13H3,(H,58,66)/t36-,37?,38?,45-,46-,50-/m0/s1. The fraction of sp³-hybridized carbons (Fsp3) is 0.625. The Labute approximate surface area is 427 Å². The molecule has 2 unspecified atom stereocenters. The number of aromatic nitrogens is 2. The Hall–Kier alpha value is -5.49. The lowest BCUT2D eigenvalue weighted by atomic mass is 9.83. The van der Waals surface area contributed by atoms with Crippen LogP contribution in [0.2, 0.25) is 0 Å². The van der Waals surface area contributed by atoms with E-state index in [-0.39, 0.29) is 60.9 Å². The number of hydrogen-bond acceptors (Lipinski definition) is 12. The van der Waals surface area contributed by atoms with Crippen LogP contribution in [0.25, 0.3) is 22.2 Å². The highest BCUT2D eigenvalue weighted by atomic mass is 16.7. The van der Waals surface area contributed by atoms with E-state index in [4.69, 9.17) is 30.5 Å². The molecule has 72 heavy (non-hydrogen) atoms. The summed E-state index contributed by atoms with van der Waals surface area (Å²) in [5.41, 5.74) is 8.33. The molecule has 3 amide bonds. The predicted molar refractivity (Wildman–Crippen MR) is 277 cm³/mol. The van der Waals surface area contributed by atoms with Gasteiger partial charge in [-0.3, -0.25) is 38.9 Å². The number of pyridine rings is 1. The van der Waals surface area contributed by atoms with Crippen LogP contribution in [0.3, 0.4) is 0 Å². The number of terminal acetylenes is 1. The fourth-order valence-electron chi connectivity index (χ4n) is 10.7. The molecule has 2 aromatic heterocycles. The van der Waals surface area contributed by atoms with E-state index in [1.807, 2.05) is 59.7 Å². The zero-order valence-electron chi connectivity index (χ0n) is 44.7. The SMILES string of the molecule is C#CCOc1cnc([C@H](C)OC)c(-c2c3c4cc(ccc4n2CC)C2CCC(C2)C[C@H](NC(=O)[C@H](C(C)C)N(C)OC2CN(C(=O)C#CC(C)(C)N(C)C)C2)C(=O)N2CCC[C@H](N2)C(=O)OCC(C)(C)C3)c1. The Balaban J connectivity index is 1.19. The molecule has 0 radical (unpaired) electrons. The average Bonchev–Trinajstić information content (AvgIpc) is 3.93. The Bertz CT molecular complexity index is 2580. The van der Waals surface area contributed by atoms with Gasteiger partial charge in [0.05, 0.1) is 48.9 Å². The number of rotatable bonds is 13. The van der Waals surface area contributed by atoms with Crippen molar-refractivity contribution < 1.29 is 38.2 Å². The minimum atomic E-state index is -0.870. The summed E-state index contributed by atoms with van der Waals surface area (Å²) in [4.78, 5) is 71.0. The summed E-state index contributed by atoms with van der Waals surface area (Å²) >= 11 is 0. The molecular weight excluding hydrogens is 913 g/mol. The number of carbonyl (C=O) groups excluding carboxylic acids is 4. The Morgan fingerprint density at radius 1 is 1.08 bits per heavy atom. The van der Waals surface area contributed by atoms with Gasteiger partial charge in [-0.2, -0.15) is 5.06 Å². The third-order valence-corrected chi connectivity index (χ3v) is 15.2. The number of nitrogens with zero attached hydrogens (tertiary/aromatic N) is 6. The quantitative estimate of drug-likeness (QED) is 0.113. The van der Waals surface area contributed by atoms with Gasteiger partial charge in [0.2, 0.25) is 5.91 Å². The molecule has 6 bridgehead atoms. The zero-order valence-corrected chi connectivity index (χ0v) is 44.7. The molecule has 3 aromatic rings. The normalized spacial score (nSPS) is 22.7. The second-order valence-corrected chi connectivity index (χ2v) is 22.1. The van der Waals surface area contributed by atoms with Gasteiger partial charge in [0.1, 0.15) is 36.6 Å². The number of aryl methyl sites for hydroxylation is 1. The number of hydrogen-bond donors (Lipinski definition) is 2. The maximum absolute atomic E-state index is 14.8. The summed E-state index contributed by atoms with van der Waals surface area (Å²) in [6, 6.07) is 6.46. The maximum Gasteiger partial charge on any atom is 0.324 e. The highest BCUT2D eigenvalue weighted by molar-refractivity contribution is 5.95. The molecule has 1 aromatic carbocycles. The number of amides is 3. The number of fused-ring (bicyclic) bond motifs is 6. The molecular formula is C56H78N8O8. The van der Waals surface area contributed by atoms with Crippen molar-refractivity contribution >= 4 is 34.6 Å². The van der Waals surface area contributed by atoms with E-state index in [1.165, 1.54) is 10.6 Å². The Morgan fingerprint density at radius 3 is 2.51 bits per heavy atom. The van der Waals surface area contributed by atoms with Crippen LogP contribution in [0.4, 0.5) is 0 Å². The van der Waals surface area contributed by atoms with E-state index in [1.54, 1.807) is 30.3 Å². The third kappa shape index (κ3) is 12.1. The molecule has 7 rings (SSSR count). The lowest BCUT2D eigenvalue weighted by Crippen LogP contribution is -2.62. The first-order chi connectivity index (χ1) is 34.1. The third-order valence-electron chi connectivity index (χ3n) is 15.2. The number of benzene rings is 1. The van der Waals surface area contributed by atoms with Gasteiger partial charge in [0.25, 0.3) is 11.8 Å². The van der Waals surface area contributed by atoms with Crippen molar-refractivity contribution in [3.05, 3.63) is 47.3 Å². The molecule has 2 saturated heterocycles. The van der Waals surface area contributed by atoms with E-state index < -0.39 is 35.0 Å². The molecule has 5 heterocycles.